The first-order valence-electron chi connectivity index (χ1n) is 12.5. The molecule has 3 aromatic rings. The predicted octanol–water partition coefficient (Wildman–Crippen LogP) is 4.94. The Morgan fingerprint density at radius 3 is 2.50 bits per heavy atom. The third-order valence-electron chi connectivity index (χ3n) is 7.35. The summed E-state index contributed by atoms with van der Waals surface area (Å²) in [4.78, 5) is 18.9. The van der Waals surface area contributed by atoms with E-state index in [4.69, 9.17) is 17.5 Å². The lowest BCUT2D eigenvalue weighted by Gasteiger charge is -2.46. The molecule has 1 amide bonds. The van der Waals surface area contributed by atoms with Crippen LogP contribution in [0.15, 0.2) is 60.8 Å². The highest BCUT2D eigenvalue weighted by molar-refractivity contribution is 7.80. The van der Waals surface area contributed by atoms with E-state index in [9.17, 15) is 23.1 Å². The molecule has 1 atom stereocenters. The highest BCUT2D eigenvalue weighted by Gasteiger charge is 2.59. The fraction of sp³-hybridized carbons (Fsp3) is 0.286. The molecular formula is C28H23F4N5O2S. The molecule has 7 nitrogen and oxygen atoms in total. The minimum absolute atomic E-state index is 0.0497. The van der Waals surface area contributed by atoms with Crippen LogP contribution in [0.1, 0.15) is 46.4 Å². The summed E-state index contributed by atoms with van der Waals surface area (Å²) in [6, 6.07) is 15.6. The Hall–Kier alpha value is -4.08. The molecular weight excluding hydrogens is 546 g/mol. The van der Waals surface area contributed by atoms with Crippen LogP contribution in [0.3, 0.4) is 0 Å². The number of nitrogens with zero attached hydrogens (tertiary/aromatic N) is 4. The first kappa shape index (κ1) is 27.5. The highest BCUT2D eigenvalue weighted by Crippen LogP contribution is 2.50. The van der Waals surface area contributed by atoms with Crippen LogP contribution in [0.5, 0.6) is 0 Å². The first-order chi connectivity index (χ1) is 19.1. The number of thiocarbonyl (C=S) groups is 1. The van der Waals surface area contributed by atoms with E-state index in [1.165, 1.54) is 23.1 Å². The van der Waals surface area contributed by atoms with Gasteiger partial charge in [0.1, 0.15) is 11.9 Å². The molecule has 5 rings (SSSR count). The average Bonchev–Trinajstić information content (AvgIpc) is 3.14. The minimum Gasteiger partial charge on any atom is -0.371 e. The Labute approximate surface area is 232 Å². The summed E-state index contributed by atoms with van der Waals surface area (Å²) >= 11 is 5.60. The maximum atomic E-state index is 15.2. The van der Waals surface area contributed by atoms with Gasteiger partial charge in [-0.15, -0.1) is 0 Å². The molecule has 0 bridgehead atoms. The van der Waals surface area contributed by atoms with E-state index in [0.717, 1.165) is 28.8 Å². The van der Waals surface area contributed by atoms with Crippen molar-refractivity contribution in [2.24, 2.45) is 0 Å². The number of anilines is 2. The molecule has 1 saturated heterocycles. The number of halogens is 4. The molecule has 206 valence electrons. The fourth-order valence-corrected chi connectivity index (χ4v) is 5.67. The van der Waals surface area contributed by atoms with Crippen LogP contribution in [0.2, 0.25) is 0 Å². The van der Waals surface area contributed by atoms with Crippen LogP contribution in [-0.2, 0) is 12.6 Å². The van der Waals surface area contributed by atoms with Gasteiger partial charge >= 0.3 is 6.18 Å². The molecule has 1 saturated carbocycles. The van der Waals surface area contributed by atoms with Crippen LogP contribution >= 0.6 is 12.2 Å². The monoisotopic (exact) mass is 569 g/mol. The van der Waals surface area contributed by atoms with Gasteiger partial charge in [0, 0.05) is 12.2 Å². The van der Waals surface area contributed by atoms with E-state index in [0.29, 0.717) is 32.2 Å². The zero-order chi connectivity index (χ0) is 28.7. The van der Waals surface area contributed by atoms with Crippen LogP contribution in [0.25, 0.3) is 0 Å². The molecule has 40 heavy (non-hydrogen) atoms. The molecule has 12 heteroatoms. The summed E-state index contributed by atoms with van der Waals surface area (Å²) in [5.74, 6) is -1.40. The van der Waals surface area contributed by atoms with Gasteiger partial charge in [0.25, 0.3) is 5.91 Å². The number of carbonyl (C=O) groups excluding carboxylic acids is 1. The van der Waals surface area contributed by atoms with Gasteiger partial charge in [-0.25, -0.2) is 9.37 Å². The van der Waals surface area contributed by atoms with Crippen molar-refractivity contribution in [3.8, 4) is 6.07 Å². The van der Waals surface area contributed by atoms with Gasteiger partial charge in [-0.3, -0.25) is 9.69 Å². The van der Waals surface area contributed by atoms with E-state index in [1.807, 2.05) is 30.3 Å². The predicted molar refractivity (Wildman–Crippen MR) is 143 cm³/mol. The van der Waals surface area contributed by atoms with Gasteiger partial charge in [-0.2, -0.15) is 18.4 Å². The second kappa shape index (κ2) is 10.5. The van der Waals surface area contributed by atoms with Crippen molar-refractivity contribution in [1.29, 1.82) is 5.26 Å². The number of amides is 1. The molecule has 2 heterocycles. The standard InChI is InChI=1S/C28H23F4N5O2S/c29-22-14-18(7-8-20(22)24(38)34-12-9-17-5-2-1-3-6-17)37-26(40)36(25(39)27(37)10-4-11-27)19-13-21(28(30,31)32)23(15-33)35-16-19/h1-3,5-8,13-14,16,25,39H,4,9-12H2,(H,34,38). The van der Waals surface area contributed by atoms with Crippen molar-refractivity contribution in [2.45, 2.75) is 43.6 Å². The number of nitrogens with one attached hydrogen (secondary N) is 1. The summed E-state index contributed by atoms with van der Waals surface area (Å²) in [6.07, 6.45) is -2.97. The molecule has 1 unspecified atom stereocenters. The normalized spacial score (nSPS) is 18.0. The Kier molecular flexibility index (Phi) is 7.20. The van der Waals surface area contributed by atoms with E-state index < -0.39 is 40.9 Å². The Balaban J connectivity index is 1.41. The summed E-state index contributed by atoms with van der Waals surface area (Å²) in [5, 5.41) is 23.0. The summed E-state index contributed by atoms with van der Waals surface area (Å²) in [5.41, 5.74) is -2.10. The average molecular weight is 570 g/mol. The number of hydrogen-bond donors (Lipinski definition) is 2. The Morgan fingerprint density at radius 1 is 1.18 bits per heavy atom. The van der Waals surface area contributed by atoms with Crippen LogP contribution in [-0.4, -0.2) is 39.4 Å². The molecule has 1 aliphatic carbocycles. The Bertz CT molecular complexity index is 1500. The molecule has 2 N–H and O–H groups in total. The number of aliphatic hydroxyl groups excluding tert-OH is 1. The smallest absolute Gasteiger partial charge is 0.371 e. The van der Waals surface area contributed by atoms with Gasteiger partial charge in [-0.1, -0.05) is 30.3 Å². The number of alkyl halides is 3. The molecule has 2 aliphatic rings. The number of nitriles is 1. The largest absolute Gasteiger partial charge is 0.419 e. The van der Waals surface area contributed by atoms with Gasteiger partial charge in [0.05, 0.1) is 28.6 Å². The van der Waals surface area contributed by atoms with E-state index in [1.54, 1.807) is 0 Å². The SMILES string of the molecule is N#Cc1ncc(N2C(=S)N(c3ccc(C(=O)NCCc4ccccc4)c(F)c3)C3(CCC3)C2O)cc1C(F)(F)F. The van der Waals surface area contributed by atoms with Gasteiger partial charge in [-0.05, 0) is 67.7 Å². The number of rotatable bonds is 6. The van der Waals surface area contributed by atoms with Gasteiger partial charge in [0.15, 0.2) is 17.0 Å². The summed E-state index contributed by atoms with van der Waals surface area (Å²) < 4.78 is 56.0. The van der Waals surface area contributed by atoms with Crippen LogP contribution < -0.4 is 15.1 Å². The first-order valence-corrected chi connectivity index (χ1v) is 12.9. The third kappa shape index (κ3) is 4.76. The maximum Gasteiger partial charge on any atom is 0.419 e. The molecule has 1 aromatic heterocycles. The number of carbonyl (C=O) groups is 1. The molecule has 2 fully saturated rings. The number of benzene rings is 2. The maximum absolute atomic E-state index is 15.2. The fourth-order valence-electron chi connectivity index (χ4n) is 5.18. The lowest BCUT2D eigenvalue weighted by Crippen LogP contribution is -2.57. The topological polar surface area (TPSA) is 92.5 Å². The van der Waals surface area contributed by atoms with Crippen molar-refractivity contribution < 1.29 is 27.5 Å². The van der Waals surface area contributed by atoms with Gasteiger partial charge < -0.3 is 15.3 Å². The molecule has 1 aliphatic heterocycles. The lowest BCUT2D eigenvalue weighted by molar-refractivity contribution is -0.138. The number of aliphatic hydroxyl groups is 1. The van der Waals surface area contributed by atoms with E-state index in [2.05, 4.69) is 10.3 Å². The van der Waals surface area contributed by atoms with Crippen LogP contribution in [0, 0.1) is 17.1 Å². The zero-order valence-electron chi connectivity index (χ0n) is 21.0. The Morgan fingerprint density at radius 2 is 1.90 bits per heavy atom. The second-order valence-electron chi connectivity index (χ2n) is 9.67. The molecule has 1 spiro atoms. The lowest BCUT2D eigenvalue weighted by atomic mass is 9.74. The van der Waals surface area contributed by atoms with Crippen molar-refractivity contribution >= 4 is 34.6 Å². The summed E-state index contributed by atoms with van der Waals surface area (Å²) in [7, 11) is 0. The second-order valence-corrected chi connectivity index (χ2v) is 10.0. The van der Waals surface area contributed by atoms with Crippen molar-refractivity contribution in [1.82, 2.24) is 10.3 Å². The van der Waals surface area contributed by atoms with E-state index >= 15 is 4.39 Å². The minimum atomic E-state index is -4.85. The number of pyridine rings is 1. The van der Waals surface area contributed by atoms with E-state index in [-0.39, 0.29) is 22.1 Å². The highest BCUT2D eigenvalue weighted by atomic mass is 32.1. The molecule has 0 radical (unpaired) electrons. The number of hydrogen-bond acceptors (Lipinski definition) is 5. The van der Waals surface area contributed by atoms with Crippen LogP contribution in [0.4, 0.5) is 28.9 Å². The number of aromatic nitrogens is 1. The zero-order valence-corrected chi connectivity index (χ0v) is 21.8. The quantitative estimate of drug-likeness (QED) is 0.321. The third-order valence-corrected chi connectivity index (χ3v) is 7.73. The molecule has 2 aromatic carbocycles. The summed E-state index contributed by atoms with van der Waals surface area (Å²) in [6.45, 7) is 0.309. The van der Waals surface area contributed by atoms with Crippen molar-refractivity contribution in [3.05, 3.63) is 89.0 Å². The van der Waals surface area contributed by atoms with Gasteiger partial charge in [0.2, 0.25) is 0 Å². The van der Waals surface area contributed by atoms with Crippen molar-refractivity contribution in [3.63, 3.8) is 0 Å². The van der Waals surface area contributed by atoms with Crippen molar-refractivity contribution in [2.75, 3.05) is 16.3 Å².